The first-order valence-corrected chi connectivity index (χ1v) is 19.8. The lowest BCUT2D eigenvalue weighted by Gasteiger charge is -2.08. The van der Waals surface area contributed by atoms with E-state index in [0.717, 1.165) is 6.42 Å². The average Bonchev–Trinajstić information content (AvgIpc) is 2.60. The van der Waals surface area contributed by atoms with Crippen molar-refractivity contribution >= 4 is 55.8 Å². The van der Waals surface area contributed by atoms with Crippen LogP contribution in [0, 0.1) is 0 Å². The molecule has 0 aliphatic carbocycles. The molecule has 0 unspecified atom stereocenters. The van der Waals surface area contributed by atoms with Gasteiger partial charge in [0.05, 0.1) is 6.61 Å². The fourth-order valence-electron chi connectivity index (χ4n) is 3.08. The smallest absolute Gasteiger partial charge is 0.330 e. The van der Waals surface area contributed by atoms with E-state index in [4.69, 9.17) is 4.74 Å². The zero-order valence-electron chi connectivity index (χ0n) is 17.1. The second-order valence-corrected chi connectivity index (χ2v) is 30.8. The van der Waals surface area contributed by atoms with Gasteiger partial charge in [-0.3, -0.25) is 0 Å². The van der Waals surface area contributed by atoms with E-state index in [1.165, 1.54) is 102 Å². The number of carbonyl (C=O) groups excluding carboxylic acids is 1. The summed E-state index contributed by atoms with van der Waals surface area (Å²) in [5, 5.41) is 0. The molecule has 0 saturated carbocycles. The van der Waals surface area contributed by atoms with Crippen molar-refractivity contribution in [3.63, 3.8) is 0 Å². The van der Waals surface area contributed by atoms with Gasteiger partial charge in [-0.25, -0.2) is 4.79 Å². The molecule has 0 fully saturated rings. The SMILES string of the molecule is CC=CC(=O)OCCCCCCCCCCCCCCCCC[Si](Br)(Br)Br. The molecule has 0 aromatic carbocycles. The predicted molar refractivity (Wildman–Crippen MR) is 132 cm³/mol. The van der Waals surface area contributed by atoms with E-state index in [0.29, 0.717) is 6.61 Å². The van der Waals surface area contributed by atoms with Crippen molar-refractivity contribution in [2.24, 2.45) is 0 Å². The molecule has 6 heteroatoms. The number of rotatable bonds is 19. The zero-order valence-corrected chi connectivity index (χ0v) is 22.9. The molecule has 0 radical (unpaired) electrons. The van der Waals surface area contributed by atoms with Crippen molar-refractivity contribution < 1.29 is 9.53 Å². The van der Waals surface area contributed by atoms with Gasteiger partial charge in [-0.05, 0) is 19.4 Å². The Kier molecular flexibility index (Phi) is 20.8. The third-order valence-electron chi connectivity index (χ3n) is 4.65. The van der Waals surface area contributed by atoms with E-state index < -0.39 is 3.93 Å². The lowest BCUT2D eigenvalue weighted by molar-refractivity contribution is -0.137. The minimum atomic E-state index is -1.36. The molecular weight excluding hydrogens is 552 g/mol. The van der Waals surface area contributed by atoms with Crippen LogP contribution in [0.25, 0.3) is 0 Å². The van der Waals surface area contributed by atoms with Crippen molar-refractivity contribution in [3.05, 3.63) is 12.2 Å². The molecule has 2 nitrogen and oxygen atoms in total. The molecule has 0 heterocycles. The molecule has 0 atom stereocenters. The third-order valence-corrected chi connectivity index (χ3v) is 9.14. The van der Waals surface area contributed by atoms with Crippen LogP contribution in [-0.2, 0) is 9.53 Å². The van der Waals surface area contributed by atoms with Crippen molar-refractivity contribution in [2.45, 2.75) is 109 Å². The van der Waals surface area contributed by atoms with Gasteiger partial charge < -0.3 is 4.74 Å². The van der Waals surface area contributed by atoms with Gasteiger partial charge in [0.25, 0.3) is 3.93 Å². The fraction of sp³-hybridized carbons (Fsp3) is 0.857. The lowest BCUT2D eigenvalue weighted by Crippen LogP contribution is -2.04. The van der Waals surface area contributed by atoms with Crippen LogP contribution in [0.2, 0.25) is 6.04 Å². The highest BCUT2D eigenvalue weighted by Gasteiger charge is 2.20. The average molecular weight is 591 g/mol. The van der Waals surface area contributed by atoms with Crippen LogP contribution < -0.4 is 0 Å². The molecule has 0 saturated heterocycles. The topological polar surface area (TPSA) is 26.3 Å². The second kappa shape index (κ2) is 20.2. The van der Waals surface area contributed by atoms with Gasteiger partial charge in [0.15, 0.2) is 0 Å². The van der Waals surface area contributed by atoms with Gasteiger partial charge in [0.1, 0.15) is 0 Å². The maximum atomic E-state index is 11.1. The van der Waals surface area contributed by atoms with Crippen LogP contribution in [-0.4, -0.2) is 16.5 Å². The molecule has 0 aliphatic rings. The summed E-state index contributed by atoms with van der Waals surface area (Å²) in [5.41, 5.74) is 0. The number of unbranched alkanes of at least 4 members (excludes halogenated alkanes) is 14. The van der Waals surface area contributed by atoms with E-state index in [9.17, 15) is 4.79 Å². The number of hydrogen-bond donors (Lipinski definition) is 0. The Bertz CT molecular complexity index is 371. The Labute approximate surface area is 192 Å². The van der Waals surface area contributed by atoms with Crippen molar-refractivity contribution in [2.75, 3.05) is 6.61 Å². The van der Waals surface area contributed by atoms with Crippen LogP contribution in [0.5, 0.6) is 0 Å². The second-order valence-electron chi connectivity index (χ2n) is 7.34. The molecule has 0 aromatic heterocycles. The summed E-state index contributed by atoms with van der Waals surface area (Å²) < 4.78 is 3.73. The molecule has 0 rings (SSSR count). The Balaban J connectivity index is 3.10. The van der Waals surface area contributed by atoms with Gasteiger partial charge in [-0.15, -0.1) is 0 Å². The number of ether oxygens (including phenoxy) is 1. The highest BCUT2D eigenvalue weighted by molar-refractivity contribution is 9.72. The van der Waals surface area contributed by atoms with E-state index in [2.05, 4.69) is 45.9 Å². The summed E-state index contributed by atoms with van der Waals surface area (Å²) in [5.74, 6) is -0.214. The predicted octanol–water partition coefficient (Wildman–Crippen LogP) is 9.08. The monoisotopic (exact) mass is 588 g/mol. The standard InChI is InChI=1S/C21H39Br3O2Si/c1-2-18-21(25)26-19-16-14-12-10-8-6-4-3-5-7-9-11-13-15-17-20-27(22,23)24/h2,18H,3-17,19-20H2,1H3. The van der Waals surface area contributed by atoms with Gasteiger partial charge in [-0.2, -0.15) is 0 Å². The summed E-state index contributed by atoms with van der Waals surface area (Å²) in [6.45, 7) is 2.39. The van der Waals surface area contributed by atoms with Crippen molar-refractivity contribution in [1.82, 2.24) is 0 Å². The fourth-order valence-corrected chi connectivity index (χ4v) is 6.26. The summed E-state index contributed by atoms with van der Waals surface area (Å²) in [6.07, 6.45) is 23.3. The highest BCUT2D eigenvalue weighted by Crippen LogP contribution is 2.33. The Morgan fingerprint density at radius 2 is 1.07 bits per heavy atom. The molecular formula is C21H39Br3O2Si. The summed E-state index contributed by atoms with van der Waals surface area (Å²) in [6, 6.07) is 1.26. The number of hydrogen-bond acceptors (Lipinski definition) is 2. The molecule has 0 aliphatic heterocycles. The largest absolute Gasteiger partial charge is 0.463 e. The summed E-state index contributed by atoms with van der Waals surface area (Å²) in [4.78, 5) is 11.1. The maximum Gasteiger partial charge on any atom is 0.330 e. The van der Waals surface area contributed by atoms with Crippen LogP contribution >= 0.6 is 45.9 Å². The summed E-state index contributed by atoms with van der Waals surface area (Å²) >= 11 is 11.1. The van der Waals surface area contributed by atoms with Gasteiger partial charge in [0.2, 0.25) is 0 Å². The van der Waals surface area contributed by atoms with Crippen LogP contribution in [0.3, 0.4) is 0 Å². The van der Waals surface area contributed by atoms with Gasteiger partial charge in [0, 0.05) is 6.08 Å². The molecule has 0 N–H and O–H groups in total. The Morgan fingerprint density at radius 3 is 1.44 bits per heavy atom. The highest BCUT2D eigenvalue weighted by atomic mass is 80.0. The third kappa shape index (κ3) is 24.8. The maximum absolute atomic E-state index is 11.1. The van der Waals surface area contributed by atoms with E-state index >= 15 is 0 Å². The molecule has 160 valence electrons. The Hall–Kier alpha value is 0.867. The zero-order chi connectivity index (χ0) is 20.2. The van der Waals surface area contributed by atoms with Gasteiger partial charge in [-0.1, -0.05) is 142 Å². The van der Waals surface area contributed by atoms with Crippen LogP contribution in [0.1, 0.15) is 103 Å². The van der Waals surface area contributed by atoms with Crippen LogP contribution in [0.15, 0.2) is 12.2 Å². The van der Waals surface area contributed by atoms with Gasteiger partial charge >= 0.3 is 5.97 Å². The minimum Gasteiger partial charge on any atom is -0.463 e. The quantitative estimate of drug-likeness (QED) is 0.0493. The van der Waals surface area contributed by atoms with E-state index in [1.54, 1.807) is 6.08 Å². The molecule has 0 aromatic rings. The number of esters is 1. The van der Waals surface area contributed by atoms with E-state index in [1.807, 2.05) is 6.92 Å². The van der Waals surface area contributed by atoms with Crippen molar-refractivity contribution in [1.29, 1.82) is 0 Å². The Morgan fingerprint density at radius 1 is 0.704 bits per heavy atom. The number of allylic oxidation sites excluding steroid dienone is 1. The molecule has 27 heavy (non-hydrogen) atoms. The molecule has 0 bridgehead atoms. The summed E-state index contributed by atoms with van der Waals surface area (Å²) in [7, 11) is 0. The number of halogens is 3. The molecule has 0 amide bonds. The van der Waals surface area contributed by atoms with Crippen molar-refractivity contribution in [3.8, 4) is 0 Å². The molecule has 0 spiro atoms. The number of carbonyl (C=O) groups is 1. The first-order valence-electron chi connectivity index (χ1n) is 10.8. The normalized spacial score (nSPS) is 12.0. The van der Waals surface area contributed by atoms with E-state index in [-0.39, 0.29) is 5.97 Å². The first-order chi connectivity index (χ1) is 13.0. The first kappa shape index (κ1) is 27.9. The minimum absolute atomic E-state index is 0.214. The lowest BCUT2D eigenvalue weighted by atomic mass is 10.0. The van der Waals surface area contributed by atoms with Crippen LogP contribution in [0.4, 0.5) is 0 Å².